The van der Waals surface area contributed by atoms with Crippen molar-refractivity contribution < 1.29 is 19.1 Å². The molecular formula is C18H15ClO4. The van der Waals surface area contributed by atoms with Gasteiger partial charge < -0.3 is 9.47 Å². The minimum absolute atomic E-state index is 0.337. The van der Waals surface area contributed by atoms with Crippen LogP contribution in [0.4, 0.5) is 0 Å². The number of carbonyl (C=O) groups excluding carboxylic acids is 2. The molecule has 0 fully saturated rings. The van der Waals surface area contributed by atoms with Crippen LogP contribution < -0.4 is 0 Å². The number of hydrogen-bond acceptors (Lipinski definition) is 4. The molecule has 0 unspecified atom stereocenters. The van der Waals surface area contributed by atoms with Gasteiger partial charge in [-0.2, -0.15) is 0 Å². The number of rotatable bonds is 4. The Morgan fingerprint density at radius 2 is 1.61 bits per heavy atom. The molecule has 0 saturated heterocycles. The number of methoxy groups -OCH3 is 2. The minimum Gasteiger partial charge on any atom is -0.465 e. The van der Waals surface area contributed by atoms with Gasteiger partial charge in [-0.05, 0) is 29.8 Å². The summed E-state index contributed by atoms with van der Waals surface area (Å²) in [7, 11) is 2.64. The highest BCUT2D eigenvalue weighted by Gasteiger charge is 2.15. The van der Waals surface area contributed by atoms with E-state index in [1.54, 1.807) is 54.6 Å². The van der Waals surface area contributed by atoms with Crippen LogP contribution in [-0.4, -0.2) is 26.2 Å². The molecule has 0 spiro atoms. The second-order valence-electron chi connectivity index (χ2n) is 4.64. The summed E-state index contributed by atoms with van der Waals surface area (Å²) in [6.45, 7) is 0. The average Bonchev–Trinajstić information content (AvgIpc) is 2.59. The van der Waals surface area contributed by atoms with E-state index in [9.17, 15) is 9.59 Å². The molecule has 0 aliphatic heterocycles. The number of esters is 2. The van der Waals surface area contributed by atoms with Crippen LogP contribution in [0.1, 0.15) is 21.5 Å². The van der Waals surface area contributed by atoms with Gasteiger partial charge in [0.2, 0.25) is 0 Å². The highest BCUT2D eigenvalue weighted by atomic mass is 35.5. The molecule has 0 aliphatic rings. The molecule has 118 valence electrons. The summed E-state index contributed by atoms with van der Waals surface area (Å²) < 4.78 is 9.49. The topological polar surface area (TPSA) is 52.6 Å². The predicted octanol–water partition coefficient (Wildman–Crippen LogP) is 3.84. The zero-order chi connectivity index (χ0) is 16.8. The maximum Gasteiger partial charge on any atom is 0.338 e. The van der Waals surface area contributed by atoms with E-state index in [1.807, 2.05) is 0 Å². The van der Waals surface area contributed by atoms with Gasteiger partial charge in [-0.15, -0.1) is 0 Å². The lowest BCUT2D eigenvalue weighted by Gasteiger charge is -2.08. The van der Waals surface area contributed by atoms with Gasteiger partial charge >= 0.3 is 11.9 Å². The lowest BCUT2D eigenvalue weighted by Crippen LogP contribution is -2.04. The largest absolute Gasteiger partial charge is 0.465 e. The summed E-state index contributed by atoms with van der Waals surface area (Å²) in [4.78, 5) is 23.5. The second-order valence-corrected chi connectivity index (χ2v) is 5.05. The van der Waals surface area contributed by atoms with Crippen LogP contribution in [0.15, 0.2) is 48.5 Å². The first-order valence-corrected chi connectivity index (χ1v) is 7.18. The van der Waals surface area contributed by atoms with E-state index in [0.717, 1.165) is 5.56 Å². The van der Waals surface area contributed by atoms with E-state index < -0.39 is 11.9 Å². The molecule has 0 N–H and O–H groups in total. The van der Waals surface area contributed by atoms with Gasteiger partial charge in [-0.3, -0.25) is 0 Å². The van der Waals surface area contributed by atoms with E-state index >= 15 is 0 Å². The third-order valence-electron chi connectivity index (χ3n) is 3.21. The zero-order valence-electron chi connectivity index (χ0n) is 12.7. The minimum atomic E-state index is -0.491. The van der Waals surface area contributed by atoms with Crippen molar-refractivity contribution in [2.75, 3.05) is 14.2 Å². The third kappa shape index (κ3) is 3.99. The standard InChI is InChI=1S/C18H15ClO4/c1-22-17(20)13-9-7-12(8-10-13)11-15(18(21)23-2)14-5-3-4-6-16(14)19/h3-11H,1-2H3/b15-11+. The lowest BCUT2D eigenvalue weighted by molar-refractivity contribution is -0.133. The molecule has 0 atom stereocenters. The molecule has 0 radical (unpaired) electrons. The summed E-state index contributed by atoms with van der Waals surface area (Å²) >= 11 is 6.16. The quantitative estimate of drug-likeness (QED) is 0.485. The molecule has 23 heavy (non-hydrogen) atoms. The molecule has 0 amide bonds. The van der Waals surface area contributed by atoms with Gasteiger partial charge in [0.15, 0.2) is 0 Å². The van der Waals surface area contributed by atoms with Gasteiger partial charge in [-0.25, -0.2) is 9.59 Å². The van der Waals surface area contributed by atoms with E-state index in [1.165, 1.54) is 14.2 Å². The van der Waals surface area contributed by atoms with Gasteiger partial charge in [0.1, 0.15) is 0 Å². The fourth-order valence-corrected chi connectivity index (χ4v) is 2.27. The summed E-state index contributed by atoms with van der Waals surface area (Å²) in [6, 6.07) is 13.7. The van der Waals surface area contributed by atoms with Crippen molar-refractivity contribution >= 4 is 35.2 Å². The maximum absolute atomic E-state index is 12.1. The van der Waals surface area contributed by atoms with Crippen LogP contribution in [0.3, 0.4) is 0 Å². The SMILES string of the molecule is COC(=O)/C(=C/c1ccc(C(=O)OC)cc1)c1ccccc1Cl. The molecule has 2 rings (SSSR count). The van der Waals surface area contributed by atoms with E-state index in [2.05, 4.69) is 4.74 Å². The van der Waals surface area contributed by atoms with Crippen LogP contribution in [0.2, 0.25) is 5.02 Å². The van der Waals surface area contributed by atoms with Gasteiger partial charge in [-0.1, -0.05) is 41.9 Å². The smallest absolute Gasteiger partial charge is 0.338 e. The molecule has 2 aromatic carbocycles. The van der Waals surface area contributed by atoms with Gasteiger partial charge in [0.25, 0.3) is 0 Å². The zero-order valence-corrected chi connectivity index (χ0v) is 13.5. The van der Waals surface area contributed by atoms with Crippen molar-refractivity contribution in [1.82, 2.24) is 0 Å². The van der Waals surface area contributed by atoms with Crippen LogP contribution >= 0.6 is 11.6 Å². The van der Waals surface area contributed by atoms with E-state index in [4.69, 9.17) is 16.3 Å². The first-order chi connectivity index (χ1) is 11.1. The van der Waals surface area contributed by atoms with Crippen molar-refractivity contribution in [2.24, 2.45) is 0 Å². The molecule has 2 aromatic rings. The Labute approximate surface area is 139 Å². The number of ether oxygens (including phenoxy) is 2. The Hall–Kier alpha value is -2.59. The Morgan fingerprint density at radius 3 is 2.17 bits per heavy atom. The van der Waals surface area contributed by atoms with Crippen LogP contribution in [0.25, 0.3) is 11.6 Å². The first kappa shape index (κ1) is 16.8. The fraction of sp³-hybridized carbons (Fsp3) is 0.111. The molecule has 0 saturated carbocycles. The molecule has 0 aliphatic carbocycles. The number of halogens is 1. The van der Waals surface area contributed by atoms with Crippen molar-refractivity contribution in [2.45, 2.75) is 0 Å². The van der Waals surface area contributed by atoms with E-state index in [0.29, 0.717) is 21.7 Å². The lowest BCUT2D eigenvalue weighted by atomic mass is 10.0. The van der Waals surface area contributed by atoms with Crippen LogP contribution in [-0.2, 0) is 14.3 Å². The summed E-state index contributed by atoms with van der Waals surface area (Å²) in [5.41, 5.74) is 2.09. The molecule has 5 heteroatoms. The Kier molecular flexibility index (Phi) is 5.55. The maximum atomic E-state index is 12.1. The molecule has 0 aromatic heterocycles. The highest BCUT2D eigenvalue weighted by molar-refractivity contribution is 6.35. The summed E-state index contributed by atoms with van der Waals surface area (Å²) in [5, 5.41) is 0.454. The average molecular weight is 331 g/mol. The van der Waals surface area contributed by atoms with Gasteiger partial charge in [0, 0.05) is 10.6 Å². The Bertz CT molecular complexity index is 748. The first-order valence-electron chi connectivity index (χ1n) is 6.80. The normalized spacial score (nSPS) is 11.0. The van der Waals surface area contributed by atoms with Crippen molar-refractivity contribution in [3.63, 3.8) is 0 Å². The number of benzene rings is 2. The molecule has 0 bridgehead atoms. The van der Waals surface area contributed by atoms with Crippen molar-refractivity contribution in [3.8, 4) is 0 Å². The Balaban J connectivity index is 2.44. The predicted molar refractivity (Wildman–Crippen MR) is 89.1 cm³/mol. The monoisotopic (exact) mass is 330 g/mol. The van der Waals surface area contributed by atoms with Crippen molar-refractivity contribution in [3.05, 3.63) is 70.2 Å². The third-order valence-corrected chi connectivity index (χ3v) is 3.54. The summed E-state index contributed by atoms with van der Waals surface area (Å²) in [5.74, 6) is -0.907. The number of hydrogen-bond donors (Lipinski definition) is 0. The summed E-state index contributed by atoms with van der Waals surface area (Å²) in [6.07, 6.45) is 1.66. The molecular weight excluding hydrogens is 316 g/mol. The highest BCUT2D eigenvalue weighted by Crippen LogP contribution is 2.26. The van der Waals surface area contributed by atoms with Gasteiger partial charge in [0.05, 0.1) is 25.4 Å². The van der Waals surface area contributed by atoms with Crippen LogP contribution in [0, 0.1) is 0 Å². The Morgan fingerprint density at radius 1 is 0.957 bits per heavy atom. The van der Waals surface area contributed by atoms with Crippen molar-refractivity contribution in [1.29, 1.82) is 0 Å². The van der Waals surface area contributed by atoms with Crippen LogP contribution in [0.5, 0.6) is 0 Å². The van der Waals surface area contributed by atoms with E-state index in [-0.39, 0.29) is 0 Å². The molecule has 4 nitrogen and oxygen atoms in total. The molecule has 0 heterocycles. The number of carbonyl (C=O) groups is 2. The second kappa shape index (κ2) is 7.61. The fourth-order valence-electron chi connectivity index (χ4n) is 2.04.